The molecule has 0 aliphatic carbocycles. The second-order valence-corrected chi connectivity index (χ2v) is 5.52. The molecule has 0 radical (unpaired) electrons. The van der Waals surface area contributed by atoms with E-state index in [0.29, 0.717) is 38.6 Å². The molecule has 0 spiro atoms. The maximum atomic E-state index is 11.3. The summed E-state index contributed by atoms with van der Waals surface area (Å²) in [7, 11) is 3.01. The van der Waals surface area contributed by atoms with Gasteiger partial charge in [0.25, 0.3) is 5.91 Å². The summed E-state index contributed by atoms with van der Waals surface area (Å²) in [6.45, 7) is 0. The van der Waals surface area contributed by atoms with Crippen LogP contribution in [0.3, 0.4) is 0 Å². The zero-order valence-corrected chi connectivity index (χ0v) is 14.6. The number of carbonyl (C=O) groups is 1. The predicted molar refractivity (Wildman–Crippen MR) is 99.4 cm³/mol. The first-order chi connectivity index (χ1) is 11.4. The van der Waals surface area contributed by atoms with E-state index in [0.717, 1.165) is 0 Å². The van der Waals surface area contributed by atoms with Crippen molar-refractivity contribution in [2.75, 3.05) is 24.9 Å². The third-order valence-electron chi connectivity index (χ3n) is 3.13. The van der Waals surface area contributed by atoms with E-state index in [1.54, 1.807) is 43.5 Å². The molecule has 0 saturated carbocycles. The van der Waals surface area contributed by atoms with Crippen LogP contribution in [0.25, 0.3) is 0 Å². The highest BCUT2D eigenvalue weighted by atomic mass is 35.5. The van der Waals surface area contributed by atoms with Gasteiger partial charge in [0.15, 0.2) is 5.11 Å². The minimum absolute atomic E-state index is 0.295. The van der Waals surface area contributed by atoms with E-state index in [2.05, 4.69) is 10.6 Å². The molecule has 2 aromatic carbocycles. The zero-order chi connectivity index (χ0) is 17.7. The molecule has 0 aliphatic heterocycles. The Labute approximate surface area is 149 Å². The minimum Gasteiger partial charge on any atom is -0.496 e. The van der Waals surface area contributed by atoms with Gasteiger partial charge in [0, 0.05) is 17.4 Å². The molecular weight excluding hydrogens is 350 g/mol. The van der Waals surface area contributed by atoms with Crippen molar-refractivity contribution in [2.45, 2.75) is 0 Å². The molecule has 126 valence electrons. The summed E-state index contributed by atoms with van der Waals surface area (Å²) in [5.74, 6) is 0.377. The van der Waals surface area contributed by atoms with E-state index in [9.17, 15) is 4.79 Å². The van der Waals surface area contributed by atoms with Gasteiger partial charge in [-0.25, -0.2) is 0 Å². The number of ether oxygens (including phenoxy) is 2. The monoisotopic (exact) mass is 365 g/mol. The summed E-state index contributed by atoms with van der Waals surface area (Å²) in [6.07, 6.45) is 0. The van der Waals surface area contributed by atoms with Crippen LogP contribution in [0.1, 0.15) is 10.4 Å². The lowest BCUT2D eigenvalue weighted by Gasteiger charge is -2.13. The molecule has 0 atom stereocenters. The summed E-state index contributed by atoms with van der Waals surface area (Å²) >= 11 is 11.3. The van der Waals surface area contributed by atoms with Gasteiger partial charge in [0.05, 0.1) is 24.8 Å². The first-order valence-corrected chi connectivity index (χ1v) is 7.62. The van der Waals surface area contributed by atoms with Crippen molar-refractivity contribution in [1.29, 1.82) is 0 Å². The van der Waals surface area contributed by atoms with E-state index in [1.807, 2.05) is 0 Å². The van der Waals surface area contributed by atoms with Gasteiger partial charge in [0.1, 0.15) is 11.5 Å². The Kier molecular flexibility index (Phi) is 5.83. The fourth-order valence-corrected chi connectivity index (χ4v) is 2.50. The van der Waals surface area contributed by atoms with Crippen molar-refractivity contribution >= 4 is 46.2 Å². The SMILES string of the molecule is COc1ccc(NC(=S)Nc2ccc(C(N)=O)c(OC)c2)cc1Cl. The highest BCUT2D eigenvalue weighted by molar-refractivity contribution is 7.80. The molecule has 0 unspecified atom stereocenters. The molecule has 1 amide bonds. The first kappa shape index (κ1) is 17.8. The Balaban J connectivity index is 2.09. The summed E-state index contributed by atoms with van der Waals surface area (Å²) in [4.78, 5) is 11.3. The van der Waals surface area contributed by atoms with Crippen molar-refractivity contribution in [3.05, 3.63) is 47.0 Å². The molecule has 0 aliphatic rings. The number of hydrogen-bond donors (Lipinski definition) is 3. The second kappa shape index (κ2) is 7.85. The zero-order valence-electron chi connectivity index (χ0n) is 13.1. The molecule has 0 heterocycles. The third kappa shape index (κ3) is 4.27. The van der Waals surface area contributed by atoms with Gasteiger partial charge in [-0.1, -0.05) is 11.6 Å². The van der Waals surface area contributed by atoms with Crippen LogP contribution in [0, 0.1) is 0 Å². The van der Waals surface area contributed by atoms with E-state index in [-0.39, 0.29) is 0 Å². The van der Waals surface area contributed by atoms with Crippen molar-refractivity contribution in [2.24, 2.45) is 5.73 Å². The number of hydrogen-bond acceptors (Lipinski definition) is 4. The maximum Gasteiger partial charge on any atom is 0.252 e. The van der Waals surface area contributed by atoms with E-state index >= 15 is 0 Å². The van der Waals surface area contributed by atoms with E-state index in [1.165, 1.54) is 7.11 Å². The molecule has 2 rings (SSSR count). The number of anilines is 2. The fraction of sp³-hybridized carbons (Fsp3) is 0.125. The predicted octanol–water partition coefficient (Wildman–Crippen LogP) is 3.27. The Morgan fingerprint density at radius 3 is 2.17 bits per heavy atom. The van der Waals surface area contributed by atoms with Gasteiger partial charge in [-0.15, -0.1) is 0 Å². The van der Waals surface area contributed by atoms with E-state index < -0.39 is 5.91 Å². The topological polar surface area (TPSA) is 85.6 Å². The van der Waals surface area contributed by atoms with Crippen LogP contribution < -0.4 is 25.8 Å². The largest absolute Gasteiger partial charge is 0.496 e. The van der Waals surface area contributed by atoms with Crippen molar-refractivity contribution in [3.63, 3.8) is 0 Å². The lowest BCUT2D eigenvalue weighted by molar-refractivity contribution is 0.0997. The van der Waals surface area contributed by atoms with Crippen LogP contribution >= 0.6 is 23.8 Å². The quantitative estimate of drug-likeness (QED) is 0.705. The summed E-state index contributed by atoms with van der Waals surface area (Å²) < 4.78 is 10.2. The molecule has 6 nitrogen and oxygen atoms in total. The number of thiocarbonyl (C=S) groups is 1. The number of benzene rings is 2. The number of halogens is 1. The number of nitrogens with one attached hydrogen (secondary N) is 2. The van der Waals surface area contributed by atoms with Gasteiger partial charge < -0.3 is 25.8 Å². The van der Waals surface area contributed by atoms with Crippen LogP contribution in [0.15, 0.2) is 36.4 Å². The summed E-state index contributed by atoms with van der Waals surface area (Å²) in [5.41, 5.74) is 6.93. The second-order valence-electron chi connectivity index (χ2n) is 4.71. The van der Waals surface area contributed by atoms with Gasteiger partial charge in [0.2, 0.25) is 0 Å². The Bertz CT molecular complexity index is 783. The molecule has 8 heteroatoms. The number of rotatable bonds is 5. The van der Waals surface area contributed by atoms with Crippen molar-refractivity contribution in [3.8, 4) is 11.5 Å². The summed E-state index contributed by atoms with van der Waals surface area (Å²) in [6, 6.07) is 10.1. The standard InChI is InChI=1S/C16H16ClN3O3S/c1-22-13-6-4-9(7-12(13)17)19-16(24)20-10-3-5-11(15(18)21)14(8-10)23-2/h3-8H,1-2H3,(H2,18,21)(H2,19,20,24). The molecule has 0 bridgehead atoms. The van der Waals surface area contributed by atoms with Gasteiger partial charge in [-0.05, 0) is 42.5 Å². The fourth-order valence-electron chi connectivity index (χ4n) is 2.01. The van der Waals surface area contributed by atoms with Crippen molar-refractivity contribution in [1.82, 2.24) is 0 Å². The number of carbonyl (C=O) groups excluding carboxylic acids is 1. The highest BCUT2D eigenvalue weighted by Crippen LogP contribution is 2.27. The number of nitrogens with two attached hydrogens (primary N) is 1. The Morgan fingerprint density at radius 2 is 1.62 bits per heavy atom. The Hall–Kier alpha value is -2.51. The molecule has 2 aromatic rings. The van der Waals surface area contributed by atoms with Crippen LogP contribution in [-0.4, -0.2) is 25.2 Å². The van der Waals surface area contributed by atoms with Crippen LogP contribution in [0.2, 0.25) is 5.02 Å². The average Bonchev–Trinajstić information content (AvgIpc) is 2.54. The molecular formula is C16H16ClN3O3S. The minimum atomic E-state index is -0.563. The van der Waals surface area contributed by atoms with Gasteiger partial charge in [-0.2, -0.15) is 0 Å². The highest BCUT2D eigenvalue weighted by Gasteiger charge is 2.10. The van der Waals surface area contributed by atoms with Crippen LogP contribution in [0.5, 0.6) is 11.5 Å². The molecule has 24 heavy (non-hydrogen) atoms. The molecule has 0 saturated heterocycles. The maximum absolute atomic E-state index is 11.3. The number of primary amides is 1. The number of amides is 1. The van der Waals surface area contributed by atoms with E-state index in [4.69, 9.17) is 39.0 Å². The lowest BCUT2D eigenvalue weighted by Crippen LogP contribution is -2.19. The number of methoxy groups -OCH3 is 2. The van der Waals surface area contributed by atoms with Crippen LogP contribution in [-0.2, 0) is 0 Å². The molecule has 0 aromatic heterocycles. The van der Waals surface area contributed by atoms with Crippen LogP contribution in [0.4, 0.5) is 11.4 Å². The molecule has 0 fully saturated rings. The third-order valence-corrected chi connectivity index (χ3v) is 3.63. The van der Waals surface area contributed by atoms with Gasteiger partial charge in [-0.3, -0.25) is 4.79 Å². The molecule has 4 N–H and O–H groups in total. The average molecular weight is 366 g/mol. The van der Waals surface area contributed by atoms with Gasteiger partial charge >= 0.3 is 0 Å². The van der Waals surface area contributed by atoms with Crippen molar-refractivity contribution < 1.29 is 14.3 Å². The summed E-state index contributed by atoms with van der Waals surface area (Å²) in [5, 5.41) is 6.82. The first-order valence-electron chi connectivity index (χ1n) is 6.84. The normalized spacial score (nSPS) is 9.96. The lowest BCUT2D eigenvalue weighted by atomic mass is 10.1. The smallest absolute Gasteiger partial charge is 0.252 e. The Morgan fingerprint density at radius 1 is 1.04 bits per heavy atom.